The molecule has 2 fully saturated rings. The lowest BCUT2D eigenvalue weighted by Gasteiger charge is -2.27. The molecule has 2 atom stereocenters. The van der Waals surface area contributed by atoms with Crippen molar-refractivity contribution in [1.29, 1.82) is 0 Å². The molecule has 0 bridgehead atoms. The molecule has 2 saturated carbocycles. The van der Waals surface area contributed by atoms with E-state index in [1.807, 2.05) is 0 Å². The van der Waals surface area contributed by atoms with Gasteiger partial charge in [0.05, 0.1) is 17.4 Å². The van der Waals surface area contributed by atoms with Crippen LogP contribution < -0.4 is 10.6 Å². The van der Waals surface area contributed by atoms with E-state index in [9.17, 15) is 19.5 Å². The molecule has 164 valence electrons. The van der Waals surface area contributed by atoms with Gasteiger partial charge in [-0.1, -0.05) is 32.1 Å². The monoisotopic (exact) mass is 432 g/mol. The number of amides is 2. The number of rotatable bonds is 6. The molecule has 1 heterocycles. The van der Waals surface area contributed by atoms with Crippen LogP contribution in [0.4, 0.5) is 5.00 Å². The summed E-state index contributed by atoms with van der Waals surface area (Å²) in [7, 11) is 0. The van der Waals surface area contributed by atoms with Crippen molar-refractivity contribution >= 4 is 34.1 Å². The van der Waals surface area contributed by atoms with Crippen LogP contribution in [-0.4, -0.2) is 29.4 Å². The standard InChI is InChI=1S/C23H32N2O4S/c26-20(15-9-4-5-10-16(15)23(28)29)25-22-19(17-11-6-12-18(17)30-22)21(27)24-13-14-7-2-1-3-8-14/h14-16H,1-13H2,(H,24,27)(H,25,26)(H,28,29). The van der Waals surface area contributed by atoms with Gasteiger partial charge in [0, 0.05) is 11.4 Å². The second-order valence-corrected chi connectivity index (χ2v) is 10.2. The van der Waals surface area contributed by atoms with E-state index in [0.717, 1.165) is 37.7 Å². The summed E-state index contributed by atoms with van der Waals surface area (Å²) < 4.78 is 0. The first-order valence-corrected chi connectivity index (χ1v) is 12.3. The Balaban J connectivity index is 1.48. The molecule has 3 aliphatic carbocycles. The lowest BCUT2D eigenvalue weighted by atomic mass is 9.79. The summed E-state index contributed by atoms with van der Waals surface area (Å²) in [5, 5.41) is 16.2. The fourth-order valence-electron chi connectivity index (χ4n) is 5.39. The van der Waals surface area contributed by atoms with E-state index >= 15 is 0 Å². The number of fused-ring (bicyclic) bond motifs is 1. The molecular formula is C23H32N2O4S. The molecule has 2 unspecified atom stereocenters. The molecule has 3 aliphatic rings. The number of carboxylic acids is 1. The van der Waals surface area contributed by atoms with Gasteiger partial charge in [-0.05, 0) is 56.4 Å². The van der Waals surface area contributed by atoms with Gasteiger partial charge in [-0.15, -0.1) is 11.3 Å². The zero-order valence-corrected chi connectivity index (χ0v) is 18.3. The van der Waals surface area contributed by atoms with E-state index in [1.165, 1.54) is 48.3 Å². The van der Waals surface area contributed by atoms with Crippen LogP contribution in [0.3, 0.4) is 0 Å². The Morgan fingerprint density at radius 3 is 2.33 bits per heavy atom. The van der Waals surface area contributed by atoms with Gasteiger partial charge in [0.2, 0.25) is 5.91 Å². The molecule has 2 amide bonds. The molecule has 3 N–H and O–H groups in total. The van der Waals surface area contributed by atoms with Gasteiger partial charge in [0.25, 0.3) is 5.91 Å². The third-order valence-corrected chi connectivity index (χ3v) is 8.29. The Morgan fingerprint density at radius 1 is 0.900 bits per heavy atom. The maximum Gasteiger partial charge on any atom is 0.307 e. The zero-order chi connectivity index (χ0) is 21.1. The molecule has 6 nitrogen and oxygen atoms in total. The van der Waals surface area contributed by atoms with Crippen molar-refractivity contribution in [3.8, 4) is 0 Å². The third-order valence-electron chi connectivity index (χ3n) is 7.08. The van der Waals surface area contributed by atoms with Crippen LogP contribution in [0, 0.1) is 17.8 Å². The highest BCUT2D eigenvalue weighted by Crippen LogP contribution is 2.40. The molecular weight excluding hydrogens is 400 g/mol. The average Bonchev–Trinajstić information content (AvgIpc) is 3.33. The Labute approximate surface area is 181 Å². The van der Waals surface area contributed by atoms with E-state index in [0.29, 0.717) is 35.9 Å². The first-order valence-electron chi connectivity index (χ1n) is 11.5. The second-order valence-electron chi connectivity index (χ2n) is 9.10. The Bertz CT molecular complexity index is 812. The van der Waals surface area contributed by atoms with Crippen molar-refractivity contribution in [3.05, 3.63) is 16.0 Å². The minimum Gasteiger partial charge on any atom is -0.481 e. The van der Waals surface area contributed by atoms with Gasteiger partial charge in [0.15, 0.2) is 0 Å². The summed E-state index contributed by atoms with van der Waals surface area (Å²) in [6.45, 7) is 0.695. The average molecular weight is 433 g/mol. The van der Waals surface area contributed by atoms with Crippen molar-refractivity contribution in [2.24, 2.45) is 17.8 Å². The number of carboxylic acid groups (broad SMARTS) is 1. The SMILES string of the molecule is O=C(NCC1CCCCC1)c1c(NC(=O)C2CCCCC2C(=O)O)sc2c1CCC2. The highest BCUT2D eigenvalue weighted by molar-refractivity contribution is 7.17. The molecule has 1 aromatic rings. The van der Waals surface area contributed by atoms with Gasteiger partial charge in [-0.3, -0.25) is 14.4 Å². The number of aliphatic carboxylic acids is 1. The van der Waals surface area contributed by atoms with Crippen molar-refractivity contribution in [2.45, 2.75) is 77.0 Å². The maximum atomic E-state index is 13.1. The lowest BCUT2D eigenvalue weighted by molar-refractivity contribution is -0.147. The number of nitrogens with one attached hydrogen (secondary N) is 2. The largest absolute Gasteiger partial charge is 0.481 e. The fraction of sp³-hybridized carbons (Fsp3) is 0.696. The molecule has 0 aliphatic heterocycles. The third kappa shape index (κ3) is 4.56. The van der Waals surface area contributed by atoms with Gasteiger partial charge < -0.3 is 15.7 Å². The normalized spacial score (nSPS) is 24.3. The van der Waals surface area contributed by atoms with Crippen LogP contribution in [-0.2, 0) is 22.4 Å². The topological polar surface area (TPSA) is 95.5 Å². The Morgan fingerprint density at radius 2 is 1.60 bits per heavy atom. The molecule has 1 aromatic heterocycles. The molecule has 0 saturated heterocycles. The first-order chi connectivity index (χ1) is 14.5. The zero-order valence-electron chi connectivity index (χ0n) is 17.5. The Kier molecular flexibility index (Phi) is 6.76. The van der Waals surface area contributed by atoms with Gasteiger partial charge >= 0.3 is 5.97 Å². The quantitative estimate of drug-likeness (QED) is 0.622. The van der Waals surface area contributed by atoms with Crippen LogP contribution >= 0.6 is 11.3 Å². The molecule has 0 spiro atoms. The van der Waals surface area contributed by atoms with E-state index in [2.05, 4.69) is 10.6 Å². The Hall–Kier alpha value is -1.89. The molecule has 0 aromatic carbocycles. The smallest absolute Gasteiger partial charge is 0.307 e. The molecule has 30 heavy (non-hydrogen) atoms. The fourth-order valence-corrected chi connectivity index (χ4v) is 6.68. The second kappa shape index (κ2) is 9.50. The predicted octanol–water partition coefficient (Wildman–Crippen LogP) is 4.38. The van der Waals surface area contributed by atoms with E-state index in [1.54, 1.807) is 0 Å². The van der Waals surface area contributed by atoms with E-state index in [-0.39, 0.29) is 11.8 Å². The van der Waals surface area contributed by atoms with E-state index < -0.39 is 17.8 Å². The van der Waals surface area contributed by atoms with Crippen molar-refractivity contribution in [2.75, 3.05) is 11.9 Å². The van der Waals surface area contributed by atoms with E-state index in [4.69, 9.17) is 0 Å². The minimum absolute atomic E-state index is 0.0892. The summed E-state index contributed by atoms with van der Waals surface area (Å²) in [6, 6.07) is 0. The molecule has 7 heteroatoms. The summed E-state index contributed by atoms with van der Waals surface area (Å²) >= 11 is 1.50. The number of carbonyl (C=O) groups excluding carboxylic acids is 2. The number of carbonyl (C=O) groups is 3. The van der Waals surface area contributed by atoms with Crippen LogP contribution in [0.2, 0.25) is 0 Å². The first kappa shape index (κ1) is 21.3. The number of hydrogen-bond acceptors (Lipinski definition) is 4. The number of thiophene rings is 1. The lowest BCUT2D eigenvalue weighted by Crippen LogP contribution is -2.36. The highest BCUT2D eigenvalue weighted by atomic mass is 32.1. The summed E-state index contributed by atoms with van der Waals surface area (Å²) in [4.78, 5) is 38.9. The van der Waals surface area contributed by atoms with Gasteiger partial charge in [-0.2, -0.15) is 0 Å². The van der Waals surface area contributed by atoms with Crippen molar-refractivity contribution in [1.82, 2.24) is 5.32 Å². The van der Waals surface area contributed by atoms with Crippen molar-refractivity contribution < 1.29 is 19.5 Å². The molecule has 0 radical (unpaired) electrons. The van der Waals surface area contributed by atoms with Crippen LogP contribution in [0.15, 0.2) is 0 Å². The highest BCUT2D eigenvalue weighted by Gasteiger charge is 2.37. The van der Waals surface area contributed by atoms with Crippen LogP contribution in [0.5, 0.6) is 0 Å². The maximum absolute atomic E-state index is 13.1. The van der Waals surface area contributed by atoms with Gasteiger partial charge in [0.1, 0.15) is 5.00 Å². The van der Waals surface area contributed by atoms with Crippen LogP contribution in [0.25, 0.3) is 0 Å². The molecule has 4 rings (SSSR count). The summed E-state index contributed by atoms with van der Waals surface area (Å²) in [5.74, 6) is -1.84. The van der Waals surface area contributed by atoms with Crippen LogP contribution in [0.1, 0.15) is 85.0 Å². The number of aryl methyl sites for hydroxylation is 1. The van der Waals surface area contributed by atoms with Crippen molar-refractivity contribution in [3.63, 3.8) is 0 Å². The number of hydrogen-bond donors (Lipinski definition) is 3. The summed E-state index contributed by atoms with van der Waals surface area (Å²) in [6.07, 6.45) is 11.8. The summed E-state index contributed by atoms with van der Waals surface area (Å²) in [5.41, 5.74) is 1.70. The number of anilines is 1. The minimum atomic E-state index is -0.894. The predicted molar refractivity (Wildman–Crippen MR) is 117 cm³/mol. The van der Waals surface area contributed by atoms with Gasteiger partial charge in [-0.25, -0.2) is 0 Å².